The fraction of sp³-hybridized carbons (Fsp3) is 0.619. The summed E-state index contributed by atoms with van der Waals surface area (Å²) in [5, 5.41) is 2.72. The van der Waals surface area contributed by atoms with Crippen LogP contribution in [0.3, 0.4) is 0 Å². The molecule has 9 heteroatoms. The molecule has 1 fully saturated rings. The van der Waals surface area contributed by atoms with E-state index in [0.717, 1.165) is 25.9 Å². The molecule has 1 unspecified atom stereocenters. The molecule has 1 saturated heterocycles. The Hall–Kier alpha value is -2.13. The summed E-state index contributed by atoms with van der Waals surface area (Å²) in [7, 11) is -2.28. The molecule has 1 aliphatic heterocycles. The van der Waals surface area contributed by atoms with Gasteiger partial charge in [0.2, 0.25) is 15.9 Å². The Morgan fingerprint density at radius 1 is 1.27 bits per heavy atom. The molecule has 0 bridgehead atoms. The van der Waals surface area contributed by atoms with Crippen LogP contribution in [0.25, 0.3) is 0 Å². The molecule has 1 aromatic rings. The van der Waals surface area contributed by atoms with Gasteiger partial charge in [0.15, 0.2) is 0 Å². The Morgan fingerprint density at radius 2 is 1.97 bits per heavy atom. The van der Waals surface area contributed by atoms with Gasteiger partial charge in [-0.15, -0.1) is 0 Å². The molecule has 0 aromatic heterocycles. The average molecular weight is 440 g/mol. The summed E-state index contributed by atoms with van der Waals surface area (Å²) in [6.07, 6.45) is 2.34. The molecule has 1 heterocycles. The largest absolute Gasteiger partial charge is 0.496 e. The number of sulfonamides is 1. The van der Waals surface area contributed by atoms with Gasteiger partial charge >= 0.3 is 0 Å². The van der Waals surface area contributed by atoms with E-state index in [1.54, 1.807) is 13.8 Å². The third-order valence-corrected chi connectivity index (χ3v) is 7.44. The molecule has 1 aromatic carbocycles. The van der Waals surface area contributed by atoms with Crippen molar-refractivity contribution < 1.29 is 22.7 Å². The van der Waals surface area contributed by atoms with E-state index in [1.165, 1.54) is 29.6 Å². The molecule has 2 amide bonds. The lowest BCUT2D eigenvalue weighted by atomic mass is 10.00. The van der Waals surface area contributed by atoms with Crippen molar-refractivity contribution in [1.82, 2.24) is 14.5 Å². The maximum atomic E-state index is 12.8. The van der Waals surface area contributed by atoms with Crippen LogP contribution in [0, 0.1) is 5.92 Å². The summed E-state index contributed by atoms with van der Waals surface area (Å²) in [6, 6.07) is 4.24. The summed E-state index contributed by atoms with van der Waals surface area (Å²) < 4.78 is 32.1. The Labute approximate surface area is 179 Å². The lowest BCUT2D eigenvalue weighted by Crippen LogP contribution is -2.40. The molecular formula is C21H33N3O5S. The number of benzene rings is 1. The zero-order chi connectivity index (χ0) is 22.3. The maximum absolute atomic E-state index is 12.8. The number of ether oxygens (including phenoxy) is 1. The molecule has 168 valence electrons. The smallest absolute Gasteiger partial charge is 0.255 e. The van der Waals surface area contributed by atoms with Crippen LogP contribution in [0.5, 0.6) is 5.75 Å². The predicted molar refractivity (Wildman–Crippen MR) is 115 cm³/mol. The van der Waals surface area contributed by atoms with Gasteiger partial charge in [0.1, 0.15) is 5.75 Å². The number of nitrogens with one attached hydrogen (secondary N) is 1. The second-order valence-corrected chi connectivity index (χ2v) is 9.48. The molecule has 1 atom stereocenters. The van der Waals surface area contributed by atoms with E-state index in [4.69, 9.17) is 4.74 Å². The number of hydrogen-bond acceptors (Lipinski definition) is 5. The van der Waals surface area contributed by atoms with Crippen LogP contribution in [0.15, 0.2) is 23.1 Å². The lowest BCUT2D eigenvalue weighted by molar-refractivity contribution is -0.132. The van der Waals surface area contributed by atoms with Crippen LogP contribution in [-0.2, 0) is 14.8 Å². The van der Waals surface area contributed by atoms with E-state index >= 15 is 0 Å². The van der Waals surface area contributed by atoms with E-state index < -0.39 is 15.9 Å². The third kappa shape index (κ3) is 5.72. The summed E-state index contributed by atoms with van der Waals surface area (Å²) in [5.74, 6) is 0.328. The standard InChI is InChI=1S/C21H33N3O5S/c1-5-24(6-2)30(27,28)17-9-10-19(29-4)18(14-17)21(26)22-12-11-20(25)23-13-7-8-16(3)15-23/h9-10,14,16H,5-8,11-13,15H2,1-4H3,(H,22,26). The van der Waals surface area contributed by atoms with E-state index in [0.29, 0.717) is 19.0 Å². The van der Waals surface area contributed by atoms with Gasteiger partial charge in [-0.3, -0.25) is 9.59 Å². The van der Waals surface area contributed by atoms with Crippen molar-refractivity contribution >= 4 is 21.8 Å². The molecule has 1 aliphatic rings. The second-order valence-electron chi connectivity index (χ2n) is 7.54. The van der Waals surface area contributed by atoms with Gasteiger partial charge in [-0.1, -0.05) is 20.8 Å². The number of likely N-dealkylation sites (tertiary alicyclic amines) is 1. The fourth-order valence-electron chi connectivity index (χ4n) is 3.69. The van der Waals surface area contributed by atoms with Crippen LogP contribution in [0.2, 0.25) is 0 Å². The van der Waals surface area contributed by atoms with Crippen molar-refractivity contribution in [2.45, 2.75) is 44.9 Å². The van der Waals surface area contributed by atoms with Gasteiger partial charge < -0.3 is 15.0 Å². The zero-order valence-electron chi connectivity index (χ0n) is 18.3. The third-order valence-electron chi connectivity index (χ3n) is 5.39. The number of piperidine rings is 1. The predicted octanol–water partition coefficient (Wildman–Crippen LogP) is 2.10. The van der Waals surface area contributed by atoms with Gasteiger partial charge in [-0.2, -0.15) is 4.31 Å². The van der Waals surface area contributed by atoms with Crippen LogP contribution >= 0.6 is 0 Å². The van der Waals surface area contributed by atoms with Gasteiger partial charge in [-0.25, -0.2) is 8.42 Å². The highest BCUT2D eigenvalue weighted by Gasteiger charge is 2.25. The highest BCUT2D eigenvalue weighted by molar-refractivity contribution is 7.89. The molecule has 2 rings (SSSR count). The Kier molecular flexibility index (Phi) is 8.66. The minimum absolute atomic E-state index is 0.0201. The topological polar surface area (TPSA) is 96.0 Å². The first-order valence-corrected chi connectivity index (χ1v) is 11.9. The molecule has 8 nitrogen and oxygen atoms in total. The van der Waals surface area contributed by atoms with Crippen LogP contribution in [-0.4, -0.2) is 69.3 Å². The van der Waals surface area contributed by atoms with Crippen molar-refractivity contribution in [2.24, 2.45) is 5.92 Å². The Bertz CT molecular complexity index is 852. The SMILES string of the molecule is CCN(CC)S(=O)(=O)c1ccc(OC)c(C(=O)NCCC(=O)N2CCCC(C)C2)c1. The van der Waals surface area contributed by atoms with Crippen LogP contribution < -0.4 is 10.1 Å². The quantitative estimate of drug-likeness (QED) is 0.636. The molecule has 0 spiro atoms. The van der Waals surface area contributed by atoms with Crippen molar-refractivity contribution in [3.05, 3.63) is 23.8 Å². The van der Waals surface area contributed by atoms with E-state index in [-0.39, 0.29) is 35.1 Å². The Morgan fingerprint density at radius 3 is 2.57 bits per heavy atom. The number of carbonyl (C=O) groups excluding carboxylic acids is 2. The zero-order valence-corrected chi connectivity index (χ0v) is 19.1. The lowest BCUT2D eigenvalue weighted by Gasteiger charge is -2.31. The minimum atomic E-state index is -3.70. The first-order valence-electron chi connectivity index (χ1n) is 10.5. The van der Waals surface area contributed by atoms with E-state index in [1.807, 2.05) is 4.90 Å². The molecule has 0 saturated carbocycles. The van der Waals surface area contributed by atoms with Gasteiger partial charge in [0.25, 0.3) is 5.91 Å². The van der Waals surface area contributed by atoms with Gasteiger partial charge in [0, 0.05) is 39.1 Å². The summed E-state index contributed by atoms with van der Waals surface area (Å²) in [4.78, 5) is 27.0. The number of hydrogen-bond donors (Lipinski definition) is 1. The first-order chi connectivity index (χ1) is 14.2. The van der Waals surface area contributed by atoms with Crippen molar-refractivity contribution in [1.29, 1.82) is 0 Å². The number of amides is 2. The first kappa shape index (κ1) is 24.1. The number of methoxy groups -OCH3 is 1. The van der Waals surface area contributed by atoms with Gasteiger partial charge in [-0.05, 0) is 37.0 Å². The molecular weight excluding hydrogens is 406 g/mol. The number of carbonyl (C=O) groups is 2. The fourth-order valence-corrected chi connectivity index (χ4v) is 5.17. The van der Waals surface area contributed by atoms with Crippen LogP contribution in [0.4, 0.5) is 0 Å². The highest BCUT2D eigenvalue weighted by atomic mass is 32.2. The summed E-state index contributed by atoms with van der Waals surface area (Å²) in [5.41, 5.74) is 0.129. The van der Waals surface area contributed by atoms with Crippen molar-refractivity contribution in [3.8, 4) is 5.75 Å². The normalized spacial score (nSPS) is 17.1. The minimum Gasteiger partial charge on any atom is -0.496 e. The average Bonchev–Trinajstić information content (AvgIpc) is 2.73. The number of nitrogens with zero attached hydrogens (tertiary/aromatic N) is 2. The van der Waals surface area contributed by atoms with Crippen molar-refractivity contribution in [2.75, 3.05) is 39.8 Å². The van der Waals surface area contributed by atoms with Crippen molar-refractivity contribution in [3.63, 3.8) is 0 Å². The number of rotatable bonds is 9. The van der Waals surface area contributed by atoms with Crippen LogP contribution in [0.1, 0.15) is 50.4 Å². The molecule has 30 heavy (non-hydrogen) atoms. The molecule has 0 aliphatic carbocycles. The molecule has 1 N–H and O–H groups in total. The highest BCUT2D eigenvalue weighted by Crippen LogP contribution is 2.24. The molecule has 0 radical (unpaired) electrons. The monoisotopic (exact) mass is 439 g/mol. The summed E-state index contributed by atoms with van der Waals surface area (Å²) in [6.45, 7) is 8.03. The summed E-state index contributed by atoms with van der Waals surface area (Å²) >= 11 is 0. The van der Waals surface area contributed by atoms with E-state index in [9.17, 15) is 18.0 Å². The van der Waals surface area contributed by atoms with E-state index in [2.05, 4.69) is 12.2 Å². The Balaban J connectivity index is 2.08. The maximum Gasteiger partial charge on any atom is 0.255 e. The van der Waals surface area contributed by atoms with Gasteiger partial charge in [0.05, 0.1) is 17.6 Å². The second kappa shape index (κ2) is 10.8.